The predicted molar refractivity (Wildman–Crippen MR) is 62.7 cm³/mol. The Hall–Kier alpha value is -1.65. The fourth-order valence-electron chi connectivity index (χ4n) is 1.24. The van der Waals surface area contributed by atoms with Gasteiger partial charge >= 0.3 is 0 Å². The van der Waals surface area contributed by atoms with E-state index in [-0.39, 0.29) is 5.84 Å². The maximum Gasteiger partial charge on any atom is 0.232 e. The summed E-state index contributed by atoms with van der Waals surface area (Å²) in [5.41, 5.74) is 5.63. The standard InChI is InChI=1S/C11H18N4O/c1-2-3-4-5-6-16-10-8-14-9(7-15-10)11(12)13/h7-8H,2-6H2,1H3,(H3,12,13). The lowest BCUT2D eigenvalue weighted by Gasteiger charge is -2.04. The van der Waals surface area contributed by atoms with Crippen LogP contribution in [0.15, 0.2) is 12.4 Å². The predicted octanol–water partition coefficient (Wildman–Crippen LogP) is 1.72. The Morgan fingerprint density at radius 1 is 1.31 bits per heavy atom. The van der Waals surface area contributed by atoms with Crippen molar-refractivity contribution in [3.63, 3.8) is 0 Å². The van der Waals surface area contributed by atoms with Gasteiger partial charge in [0.2, 0.25) is 5.88 Å². The van der Waals surface area contributed by atoms with Crippen LogP contribution in [0.3, 0.4) is 0 Å². The Morgan fingerprint density at radius 2 is 2.12 bits per heavy atom. The number of aromatic nitrogens is 2. The first-order valence-electron chi connectivity index (χ1n) is 5.53. The summed E-state index contributed by atoms with van der Waals surface area (Å²) in [6.45, 7) is 2.83. The number of nitrogens with one attached hydrogen (secondary N) is 1. The third-order valence-electron chi connectivity index (χ3n) is 2.15. The van der Waals surface area contributed by atoms with Gasteiger partial charge in [-0.25, -0.2) is 9.97 Å². The first-order chi connectivity index (χ1) is 7.74. The van der Waals surface area contributed by atoms with Crippen molar-refractivity contribution in [2.75, 3.05) is 6.61 Å². The Balaban J connectivity index is 2.29. The van der Waals surface area contributed by atoms with E-state index >= 15 is 0 Å². The first kappa shape index (κ1) is 12.4. The van der Waals surface area contributed by atoms with Gasteiger partial charge in [-0.05, 0) is 6.42 Å². The molecule has 0 saturated heterocycles. The minimum Gasteiger partial charge on any atom is -0.477 e. The molecule has 0 unspecified atom stereocenters. The van der Waals surface area contributed by atoms with Crippen molar-refractivity contribution in [3.05, 3.63) is 18.1 Å². The molecule has 0 aliphatic rings. The second-order valence-electron chi connectivity index (χ2n) is 3.56. The molecule has 0 radical (unpaired) electrons. The van der Waals surface area contributed by atoms with E-state index in [0.717, 1.165) is 6.42 Å². The SMILES string of the molecule is CCCCCCOc1cnc(C(=N)N)cn1. The molecule has 1 aromatic rings. The highest BCUT2D eigenvalue weighted by atomic mass is 16.5. The number of nitrogens with two attached hydrogens (primary N) is 1. The van der Waals surface area contributed by atoms with Crippen LogP contribution in [0.1, 0.15) is 38.3 Å². The van der Waals surface area contributed by atoms with E-state index in [9.17, 15) is 0 Å². The van der Waals surface area contributed by atoms with E-state index in [0.29, 0.717) is 18.2 Å². The summed E-state index contributed by atoms with van der Waals surface area (Å²) < 4.78 is 5.40. The van der Waals surface area contributed by atoms with Gasteiger partial charge in [-0.2, -0.15) is 0 Å². The Morgan fingerprint density at radius 3 is 2.69 bits per heavy atom. The number of nitrogen functional groups attached to an aromatic ring is 1. The molecule has 5 nitrogen and oxygen atoms in total. The molecule has 88 valence electrons. The Bertz CT molecular complexity index is 323. The van der Waals surface area contributed by atoms with Crippen molar-refractivity contribution in [1.82, 2.24) is 9.97 Å². The van der Waals surface area contributed by atoms with Crippen LogP contribution in [-0.4, -0.2) is 22.4 Å². The molecule has 0 atom stereocenters. The van der Waals surface area contributed by atoms with Crippen LogP contribution in [0.25, 0.3) is 0 Å². The van der Waals surface area contributed by atoms with E-state index in [4.69, 9.17) is 15.9 Å². The lowest BCUT2D eigenvalue weighted by atomic mass is 10.2. The van der Waals surface area contributed by atoms with Crippen LogP contribution in [0.2, 0.25) is 0 Å². The van der Waals surface area contributed by atoms with Gasteiger partial charge in [0.25, 0.3) is 0 Å². The number of amidine groups is 1. The largest absolute Gasteiger partial charge is 0.477 e. The Labute approximate surface area is 95.6 Å². The number of hydrogen-bond acceptors (Lipinski definition) is 4. The smallest absolute Gasteiger partial charge is 0.232 e. The highest BCUT2D eigenvalue weighted by molar-refractivity contribution is 5.92. The molecule has 3 N–H and O–H groups in total. The van der Waals surface area contributed by atoms with E-state index in [1.807, 2.05) is 0 Å². The van der Waals surface area contributed by atoms with Gasteiger partial charge in [0, 0.05) is 0 Å². The molecule has 16 heavy (non-hydrogen) atoms. The highest BCUT2D eigenvalue weighted by Crippen LogP contribution is 2.05. The average Bonchev–Trinajstić information content (AvgIpc) is 2.29. The average molecular weight is 222 g/mol. The minimum absolute atomic E-state index is 0.0815. The maximum absolute atomic E-state index is 7.15. The fourth-order valence-corrected chi connectivity index (χ4v) is 1.24. The van der Waals surface area contributed by atoms with Gasteiger partial charge in [-0.1, -0.05) is 26.2 Å². The summed E-state index contributed by atoms with van der Waals surface area (Å²) in [4.78, 5) is 7.97. The van der Waals surface area contributed by atoms with Crippen molar-refractivity contribution in [2.24, 2.45) is 5.73 Å². The van der Waals surface area contributed by atoms with Crippen LogP contribution in [-0.2, 0) is 0 Å². The second kappa shape index (κ2) is 6.76. The van der Waals surface area contributed by atoms with Crippen LogP contribution in [0.5, 0.6) is 5.88 Å². The summed E-state index contributed by atoms with van der Waals surface area (Å²) in [7, 11) is 0. The molecular formula is C11H18N4O. The van der Waals surface area contributed by atoms with Crippen LogP contribution in [0.4, 0.5) is 0 Å². The molecule has 1 aromatic heterocycles. The molecule has 0 saturated carbocycles. The number of unbranched alkanes of at least 4 members (excludes halogenated alkanes) is 3. The topological polar surface area (TPSA) is 84.9 Å². The summed E-state index contributed by atoms with van der Waals surface area (Å²) in [5, 5.41) is 7.15. The third-order valence-corrected chi connectivity index (χ3v) is 2.15. The molecule has 1 heterocycles. The van der Waals surface area contributed by atoms with Crippen LogP contribution in [0, 0.1) is 5.41 Å². The van der Waals surface area contributed by atoms with Crippen molar-refractivity contribution in [1.29, 1.82) is 5.41 Å². The molecule has 0 amide bonds. The fraction of sp³-hybridized carbons (Fsp3) is 0.545. The van der Waals surface area contributed by atoms with Crippen molar-refractivity contribution < 1.29 is 4.74 Å². The van der Waals surface area contributed by atoms with E-state index in [2.05, 4.69) is 16.9 Å². The summed E-state index contributed by atoms with van der Waals surface area (Å²) in [6, 6.07) is 0. The molecule has 0 aliphatic carbocycles. The number of nitrogens with zero attached hydrogens (tertiary/aromatic N) is 2. The highest BCUT2D eigenvalue weighted by Gasteiger charge is 2.00. The molecule has 1 rings (SSSR count). The van der Waals surface area contributed by atoms with Crippen molar-refractivity contribution in [2.45, 2.75) is 32.6 Å². The number of ether oxygens (including phenoxy) is 1. The van der Waals surface area contributed by atoms with Crippen molar-refractivity contribution >= 4 is 5.84 Å². The number of rotatable bonds is 7. The summed E-state index contributed by atoms with van der Waals surface area (Å²) >= 11 is 0. The molecule has 0 bridgehead atoms. The van der Waals surface area contributed by atoms with Crippen molar-refractivity contribution in [3.8, 4) is 5.88 Å². The van der Waals surface area contributed by atoms with Gasteiger partial charge in [0.05, 0.1) is 19.0 Å². The van der Waals surface area contributed by atoms with Gasteiger partial charge in [-0.15, -0.1) is 0 Å². The zero-order valence-electron chi connectivity index (χ0n) is 9.57. The summed E-state index contributed by atoms with van der Waals surface area (Å²) in [6.07, 6.45) is 7.60. The van der Waals surface area contributed by atoms with E-state index in [1.165, 1.54) is 31.7 Å². The van der Waals surface area contributed by atoms with Gasteiger partial charge in [0.15, 0.2) is 0 Å². The van der Waals surface area contributed by atoms with E-state index < -0.39 is 0 Å². The Kier molecular flexibility index (Phi) is 5.25. The van der Waals surface area contributed by atoms with Crippen LogP contribution >= 0.6 is 0 Å². The first-order valence-corrected chi connectivity index (χ1v) is 5.53. The second-order valence-corrected chi connectivity index (χ2v) is 3.56. The van der Waals surface area contributed by atoms with Crippen LogP contribution < -0.4 is 10.5 Å². The van der Waals surface area contributed by atoms with Gasteiger partial charge in [-0.3, -0.25) is 5.41 Å². The quantitative estimate of drug-likeness (QED) is 0.418. The minimum atomic E-state index is -0.0815. The van der Waals surface area contributed by atoms with E-state index in [1.54, 1.807) is 0 Å². The lowest BCUT2D eigenvalue weighted by molar-refractivity contribution is 0.292. The van der Waals surface area contributed by atoms with Gasteiger partial charge < -0.3 is 10.5 Å². The maximum atomic E-state index is 7.15. The summed E-state index contributed by atoms with van der Waals surface area (Å²) in [5.74, 6) is 0.406. The molecule has 0 fully saturated rings. The third kappa shape index (κ3) is 4.25. The molecule has 0 spiro atoms. The molecular weight excluding hydrogens is 204 g/mol. The van der Waals surface area contributed by atoms with Gasteiger partial charge in [0.1, 0.15) is 11.5 Å². The lowest BCUT2D eigenvalue weighted by Crippen LogP contribution is -2.13. The molecule has 5 heteroatoms. The monoisotopic (exact) mass is 222 g/mol. The zero-order valence-corrected chi connectivity index (χ0v) is 9.57. The molecule has 0 aromatic carbocycles. The molecule has 0 aliphatic heterocycles. The normalized spacial score (nSPS) is 10.1. The zero-order chi connectivity index (χ0) is 11.8. The number of hydrogen-bond donors (Lipinski definition) is 2.